The summed E-state index contributed by atoms with van der Waals surface area (Å²) < 4.78 is 0. The summed E-state index contributed by atoms with van der Waals surface area (Å²) in [6, 6.07) is 8.58. The van der Waals surface area contributed by atoms with E-state index in [1.807, 2.05) is 0 Å². The van der Waals surface area contributed by atoms with Gasteiger partial charge in [-0.3, -0.25) is 4.79 Å². The Bertz CT molecular complexity index is 480. The first-order valence-electron chi connectivity index (χ1n) is 8.61. The zero-order valence-corrected chi connectivity index (χ0v) is 14.2. The minimum Gasteiger partial charge on any atom is -0.353 e. The summed E-state index contributed by atoms with van der Waals surface area (Å²) in [5.74, 6) is 1.30. The number of aryl methyl sites for hydroxylation is 1. The van der Waals surface area contributed by atoms with Crippen LogP contribution in [0.1, 0.15) is 44.2 Å². The van der Waals surface area contributed by atoms with Crippen LogP contribution in [0.4, 0.5) is 0 Å². The third-order valence-corrected chi connectivity index (χ3v) is 4.84. The van der Waals surface area contributed by atoms with Gasteiger partial charge in [0, 0.05) is 12.5 Å². The second-order valence-electron chi connectivity index (χ2n) is 6.89. The number of hydrogen-bond donors (Lipinski definition) is 2. The van der Waals surface area contributed by atoms with Gasteiger partial charge < -0.3 is 10.6 Å². The Labute approximate surface area is 134 Å². The van der Waals surface area contributed by atoms with Crippen LogP contribution in [0.5, 0.6) is 0 Å². The van der Waals surface area contributed by atoms with E-state index in [0.29, 0.717) is 18.3 Å². The molecular formula is C19H30N2O. The first kappa shape index (κ1) is 17.0. The molecule has 1 saturated heterocycles. The number of nitrogens with one attached hydrogen (secondary N) is 2. The number of amides is 1. The van der Waals surface area contributed by atoms with E-state index >= 15 is 0 Å². The lowest BCUT2D eigenvalue weighted by Crippen LogP contribution is -2.38. The maximum absolute atomic E-state index is 12.3. The van der Waals surface area contributed by atoms with Gasteiger partial charge in [-0.1, -0.05) is 31.2 Å². The van der Waals surface area contributed by atoms with Crippen LogP contribution in [0.3, 0.4) is 0 Å². The zero-order valence-electron chi connectivity index (χ0n) is 14.2. The molecule has 3 atom stereocenters. The lowest BCUT2D eigenvalue weighted by Gasteiger charge is -2.28. The van der Waals surface area contributed by atoms with Crippen LogP contribution in [0, 0.1) is 18.8 Å². The molecular weight excluding hydrogens is 272 g/mol. The number of carbonyl (C=O) groups excluding carboxylic acids is 1. The van der Waals surface area contributed by atoms with Crippen LogP contribution in [-0.2, 0) is 11.2 Å². The second-order valence-corrected chi connectivity index (χ2v) is 6.89. The Balaban J connectivity index is 1.77. The minimum absolute atomic E-state index is 0.185. The molecule has 1 aliphatic heterocycles. The zero-order chi connectivity index (χ0) is 15.9. The molecule has 0 saturated carbocycles. The standard InChI is InChI=1S/C19H30N2O/c1-14-7-4-5-8-17(14)12-16(3)21-19(22)11-15(2)18-9-6-10-20-13-18/h4-5,7-8,15-16,18,20H,6,9-13H2,1-3H3,(H,21,22). The van der Waals surface area contributed by atoms with Gasteiger partial charge in [-0.05, 0) is 69.2 Å². The lowest BCUT2D eigenvalue weighted by atomic mass is 9.85. The largest absolute Gasteiger partial charge is 0.353 e. The monoisotopic (exact) mass is 302 g/mol. The summed E-state index contributed by atoms with van der Waals surface area (Å²) in [5, 5.41) is 6.60. The van der Waals surface area contributed by atoms with Gasteiger partial charge in [0.2, 0.25) is 5.91 Å². The highest BCUT2D eigenvalue weighted by atomic mass is 16.1. The van der Waals surface area contributed by atoms with Gasteiger partial charge in [-0.25, -0.2) is 0 Å². The van der Waals surface area contributed by atoms with Crippen molar-refractivity contribution >= 4 is 5.91 Å². The van der Waals surface area contributed by atoms with Gasteiger partial charge in [0.25, 0.3) is 0 Å². The van der Waals surface area contributed by atoms with Crippen molar-refractivity contribution in [2.75, 3.05) is 13.1 Å². The Morgan fingerprint density at radius 1 is 1.36 bits per heavy atom. The predicted molar refractivity (Wildman–Crippen MR) is 91.9 cm³/mol. The lowest BCUT2D eigenvalue weighted by molar-refractivity contribution is -0.122. The number of piperidine rings is 1. The van der Waals surface area contributed by atoms with E-state index in [0.717, 1.165) is 19.5 Å². The minimum atomic E-state index is 0.185. The van der Waals surface area contributed by atoms with E-state index in [9.17, 15) is 4.79 Å². The third kappa shape index (κ3) is 5.13. The van der Waals surface area contributed by atoms with Crippen LogP contribution >= 0.6 is 0 Å². The van der Waals surface area contributed by atoms with Crippen LogP contribution < -0.4 is 10.6 Å². The quantitative estimate of drug-likeness (QED) is 0.848. The van der Waals surface area contributed by atoms with Crippen molar-refractivity contribution in [2.24, 2.45) is 11.8 Å². The fourth-order valence-corrected chi connectivity index (χ4v) is 3.38. The molecule has 2 rings (SSSR count). The van der Waals surface area contributed by atoms with E-state index in [4.69, 9.17) is 0 Å². The highest BCUT2D eigenvalue weighted by molar-refractivity contribution is 5.76. The first-order valence-corrected chi connectivity index (χ1v) is 8.61. The van der Waals surface area contributed by atoms with Crippen molar-refractivity contribution < 1.29 is 4.79 Å². The molecule has 1 aromatic rings. The van der Waals surface area contributed by atoms with E-state index in [-0.39, 0.29) is 11.9 Å². The smallest absolute Gasteiger partial charge is 0.220 e. The van der Waals surface area contributed by atoms with Crippen LogP contribution in [0.15, 0.2) is 24.3 Å². The summed E-state index contributed by atoms with van der Waals surface area (Å²) in [6.45, 7) is 8.62. The molecule has 1 amide bonds. The highest BCUT2D eigenvalue weighted by Crippen LogP contribution is 2.22. The molecule has 1 heterocycles. The topological polar surface area (TPSA) is 41.1 Å². The molecule has 0 bridgehead atoms. The Morgan fingerprint density at radius 2 is 2.14 bits per heavy atom. The molecule has 1 fully saturated rings. The molecule has 0 radical (unpaired) electrons. The molecule has 122 valence electrons. The molecule has 3 unspecified atom stereocenters. The molecule has 0 spiro atoms. The molecule has 3 nitrogen and oxygen atoms in total. The number of hydrogen-bond acceptors (Lipinski definition) is 2. The Hall–Kier alpha value is -1.35. The van der Waals surface area contributed by atoms with E-state index in [2.05, 4.69) is 55.7 Å². The second kappa shape index (κ2) is 8.33. The molecule has 2 N–H and O–H groups in total. The molecule has 0 aliphatic carbocycles. The van der Waals surface area contributed by atoms with Gasteiger partial charge in [0.1, 0.15) is 0 Å². The van der Waals surface area contributed by atoms with Crippen molar-refractivity contribution in [3.8, 4) is 0 Å². The van der Waals surface area contributed by atoms with E-state index < -0.39 is 0 Å². The number of rotatable bonds is 6. The van der Waals surface area contributed by atoms with Crippen molar-refractivity contribution in [1.82, 2.24) is 10.6 Å². The normalized spacial score (nSPS) is 21.1. The number of carbonyl (C=O) groups is 1. The molecule has 0 aromatic heterocycles. The summed E-state index contributed by atoms with van der Waals surface area (Å²) in [6.07, 6.45) is 4.03. The van der Waals surface area contributed by atoms with Crippen molar-refractivity contribution in [3.63, 3.8) is 0 Å². The van der Waals surface area contributed by atoms with Gasteiger partial charge in [-0.15, -0.1) is 0 Å². The van der Waals surface area contributed by atoms with Crippen molar-refractivity contribution in [1.29, 1.82) is 0 Å². The van der Waals surface area contributed by atoms with Crippen LogP contribution in [0.2, 0.25) is 0 Å². The average molecular weight is 302 g/mol. The highest BCUT2D eigenvalue weighted by Gasteiger charge is 2.22. The summed E-state index contributed by atoms with van der Waals surface area (Å²) >= 11 is 0. The summed E-state index contributed by atoms with van der Waals surface area (Å²) in [5.41, 5.74) is 2.62. The first-order chi connectivity index (χ1) is 10.6. The van der Waals surface area contributed by atoms with Crippen LogP contribution in [0.25, 0.3) is 0 Å². The maximum atomic E-state index is 12.3. The summed E-state index contributed by atoms with van der Waals surface area (Å²) in [7, 11) is 0. The third-order valence-electron chi connectivity index (χ3n) is 4.84. The molecule has 1 aliphatic rings. The van der Waals surface area contributed by atoms with E-state index in [1.54, 1.807) is 0 Å². The van der Waals surface area contributed by atoms with Crippen molar-refractivity contribution in [3.05, 3.63) is 35.4 Å². The molecule has 1 aromatic carbocycles. The van der Waals surface area contributed by atoms with Gasteiger partial charge in [-0.2, -0.15) is 0 Å². The molecule has 3 heteroatoms. The van der Waals surface area contributed by atoms with E-state index in [1.165, 1.54) is 24.0 Å². The fraction of sp³-hybridized carbons (Fsp3) is 0.632. The number of benzene rings is 1. The Kier molecular flexibility index (Phi) is 6.44. The van der Waals surface area contributed by atoms with Crippen molar-refractivity contribution in [2.45, 2.75) is 52.5 Å². The van der Waals surface area contributed by atoms with Gasteiger partial charge >= 0.3 is 0 Å². The molecule has 22 heavy (non-hydrogen) atoms. The van der Waals surface area contributed by atoms with Crippen LogP contribution in [-0.4, -0.2) is 25.0 Å². The maximum Gasteiger partial charge on any atom is 0.220 e. The SMILES string of the molecule is Cc1ccccc1CC(C)NC(=O)CC(C)C1CCCNC1. The summed E-state index contributed by atoms with van der Waals surface area (Å²) in [4.78, 5) is 12.3. The Morgan fingerprint density at radius 3 is 2.82 bits per heavy atom. The average Bonchev–Trinajstić information content (AvgIpc) is 2.50. The van der Waals surface area contributed by atoms with Gasteiger partial charge in [0.05, 0.1) is 0 Å². The fourth-order valence-electron chi connectivity index (χ4n) is 3.38. The van der Waals surface area contributed by atoms with Gasteiger partial charge in [0.15, 0.2) is 0 Å². The predicted octanol–water partition coefficient (Wildman–Crippen LogP) is 3.07.